The Kier molecular flexibility index (Phi) is 9.48. The van der Waals surface area contributed by atoms with Crippen molar-refractivity contribution in [1.82, 2.24) is 0 Å². The third kappa shape index (κ3) is 6.78. The molecule has 9 heteroatoms. The minimum Gasteiger partial charge on any atom is -0.748 e. The van der Waals surface area contributed by atoms with Gasteiger partial charge in [-0.2, -0.15) is 0 Å². The van der Waals surface area contributed by atoms with E-state index in [4.69, 9.17) is 0 Å². The Hall–Kier alpha value is -0.510. The molecule has 0 heterocycles. The third-order valence-corrected chi connectivity index (χ3v) is 2.79. The maximum Gasteiger partial charge on any atom is 1.00 e. The molecule has 0 atom stereocenters. The molecule has 0 saturated heterocycles. The largest absolute Gasteiger partial charge is 1.00 e. The molecule has 0 bridgehead atoms. The fourth-order valence-electron chi connectivity index (χ4n) is 1.55. The topological polar surface area (TPSA) is 109 Å². The SMILES string of the molecule is CC(C)N(C(=O)CS(=O)(=O)[O-])c1ccc(F)cc1.O.[Na+]. The summed E-state index contributed by atoms with van der Waals surface area (Å²) < 4.78 is 44.5. The first-order valence-corrected chi connectivity index (χ1v) is 6.79. The van der Waals surface area contributed by atoms with Crippen molar-refractivity contribution in [3.63, 3.8) is 0 Å². The molecule has 0 fully saturated rings. The molecule has 0 aromatic heterocycles. The van der Waals surface area contributed by atoms with E-state index in [0.717, 1.165) is 17.0 Å². The molecule has 0 spiro atoms. The smallest absolute Gasteiger partial charge is 0.748 e. The first-order valence-electron chi connectivity index (χ1n) is 5.22. The monoisotopic (exact) mass is 315 g/mol. The number of hydrogen-bond donors (Lipinski definition) is 0. The number of benzene rings is 1. The first kappa shape index (κ1) is 21.8. The standard InChI is InChI=1S/C11H14FNO4S.Na.H2O/c1-8(2)13(11(14)7-18(15,16)17)10-5-3-9(12)4-6-10;;/h3-6,8H,7H2,1-2H3,(H,15,16,17);;1H2/q;+1;/p-1. The Morgan fingerprint density at radius 3 is 2.10 bits per heavy atom. The summed E-state index contributed by atoms with van der Waals surface area (Å²) in [4.78, 5) is 12.9. The molecule has 0 saturated carbocycles. The van der Waals surface area contributed by atoms with Gasteiger partial charge >= 0.3 is 29.6 Å². The van der Waals surface area contributed by atoms with Gasteiger partial charge in [0.05, 0.1) is 0 Å². The van der Waals surface area contributed by atoms with Crippen LogP contribution < -0.4 is 34.5 Å². The maximum atomic E-state index is 12.8. The number of anilines is 1. The van der Waals surface area contributed by atoms with Gasteiger partial charge in [0, 0.05) is 11.7 Å². The Bertz CT molecular complexity index is 532. The second-order valence-corrected chi connectivity index (χ2v) is 5.44. The van der Waals surface area contributed by atoms with E-state index in [-0.39, 0.29) is 41.1 Å². The quantitative estimate of drug-likeness (QED) is 0.444. The van der Waals surface area contributed by atoms with Gasteiger partial charge in [0.25, 0.3) is 0 Å². The Labute approximate surface area is 139 Å². The van der Waals surface area contributed by atoms with Crippen molar-refractivity contribution in [2.24, 2.45) is 0 Å². The van der Waals surface area contributed by atoms with Crippen LogP contribution in [0.5, 0.6) is 0 Å². The first-order chi connectivity index (χ1) is 8.20. The van der Waals surface area contributed by atoms with Gasteiger partial charge in [-0.15, -0.1) is 0 Å². The van der Waals surface area contributed by atoms with Gasteiger partial charge in [-0.25, -0.2) is 12.8 Å². The van der Waals surface area contributed by atoms with Crippen LogP contribution in [0.1, 0.15) is 13.8 Å². The van der Waals surface area contributed by atoms with Gasteiger partial charge in [0.2, 0.25) is 5.91 Å². The molecule has 1 rings (SSSR count). The van der Waals surface area contributed by atoms with Crippen LogP contribution in [0.2, 0.25) is 0 Å². The molecule has 1 amide bonds. The Morgan fingerprint density at radius 1 is 1.30 bits per heavy atom. The van der Waals surface area contributed by atoms with Gasteiger partial charge < -0.3 is 14.9 Å². The van der Waals surface area contributed by atoms with Crippen molar-refractivity contribution >= 4 is 21.7 Å². The summed E-state index contributed by atoms with van der Waals surface area (Å²) in [6, 6.07) is 4.67. The number of nitrogens with zero attached hydrogens (tertiary/aromatic N) is 1. The predicted molar refractivity (Wildman–Crippen MR) is 67.2 cm³/mol. The van der Waals surface area contributed by atoms with Crippen molar-refractivity contribution in [2.45, 2.75) is 19.9 Å². The van der Waals surface area contributed by atoms with Gasteiger partial charge in [-0.3, -0.25) is 4.79 Å². The summed E-state index contributed by atoms with van der Waals surface area (Å²) in [5.41, 5.74) is 0.347. The molecule has 0 radical (unpaired) electrons. The zero-order chi connectivity index (χ0) is 13.9. The van der Waals surface area contributed by atoms with E-state index in [9.17, 15) is 22.2 Å². The molecule has 1 aromatic carbocycles. The minimum atomic E-state index is -4.63. The molecular weight excluding hydrogens is 300 g/mol. The fourth-order valence-corrected chi connectivity index (χ4v) is 1.99. The summed E-state index contributed by atoms with van der Waals surface area (Å²) in [7, 11) is -4.63. The number of carbonyl (C=O) groups excluding carboxylic acids is 1. The summed E-state index contributed by atoms with van der Waals surface area (Å²) in [5.74, 6) is -2.40. The van der Waals surface area contributed by atoms with E-state index in [1.807, 2.05) is 0 Å². The molecule has 0 aliphatic carbocycles. The van der Waals surface area contributed by atoms with E-state index < -0.39 is 27.6 Å². The van der Waals surface area contributed by atoms with Crippen molar-refractivity contribution < 1.29 is 57.2 Å². The van der Waals surface area contributed by atoms with Crippen molar-refractivity contribution in [3.05, 3.63) is 30.1 Å². The Balaban J connectivity index is 0. The molecular formula is C11H15FNNaO5S. The fraction of sp³-hybridized carbons (Fsp3) is 0.364. The number of rotatable bonds is 4. The van der Waals surface area contributed by atoms with E-state index in [1.54, 1.807) is 13.8 Å². The van der Waals surface area contributed by atoms with E-state index in [1.165, 1.54) is 12.1 Å². The number of hydrogen-bond acceptors (Lipinski definition) is 4. The van der Waals surface area contributed by atoms with Crippen molar-refractivity contribution in [2.75, 3.05) is 10.7 Å². The number of carbonyl (C=O) groups is 1. The summed E-state index contributed by atoms with van der Waals surface area (Å²) in [6.07, 6.45) is 0. The molecule has 0 aliphatic heterocycles. The minimum absolute atomic E-state index is 0. The molecule has 0 unspecified atom stereocenters. The van der Waals surface area contributed by atoms with Crippen LogP contribution in [-0.2, 0) is 14.9 Å². The molecule has 6 nitrogen and oxygen atoms in total. The zero-order valence-electron chi connectivity index (χ0n) is 11.5. The van der Waals surface area contributed by atoms with Crippen LogP contribution in [-0.4, -0.2) is 36.1 Å². The average Bonchev–Trinajstić information content (AvgIpc) is 2.18. The van der Waals surface area contributed by atoms with Crippen molar-refractivity contribution in [1.29, 1.82) is 0 Å². The number of halogens is 1. The second-order valence-electron chi connectivity index (χ2n) is 4.04. The second kappa shape index (κ2) is 8.71. The van der Waals surface area contributed by atoms with Crippen LogP contribution in [0.4, 0.5) is 10.1 Å². The summed E-state index contributed by atoms with van der Waals surface area (Å²) >= 11 is 0. The summed E-state index contributed by atoms with van der Waals surface area (Å²) in [6.45, 7) is 3.33. The molecule has 2 N–H and O–H groups in total. The predicted octanol–water partition coefficient (Wildman–Crippen LogP) is -2.71. The van der Waals surface area contributed by atoms with Crippen LogP contribution in [0.15, 0.2) is 24.3 Å². The number of amides is 1. The van der Waals surface area contributed by atoms with Crippen LogP contribution in [0.25, 0.3) is 0 Å². The average molecular weight is 315 g/mol. The Morgan fingerprint density at radius 2 is 1.75 bits per heavy atom. The zero-order valence-corrected chi connectivity index (χ0v) is 14.3. The molecule has 0 aliphatic rings. The third-order valence-electron chi connectivity index (χ3n) is 2.19. The van der Waals surface area contributed by atoms with Crippen LogP contribution in [0, 0.1) is 5.82 Å². The molecule has 20 heavy (non-hydrogen) atoms. The molecule has 108 valence electrons. The van der Waals surface area contributed by atoms with E-state index in [2.05, 4.69) is 0 Å². The maximum absolute atomic E-state index is 12.8. The summed E-state index contributed by atoms with van der Waals surface area (Å²) in [5, 5.41) is 0. The van der Waals surface area contributed by atoms with Crippen LogP contribution in [0.3, 0.4) is 0 Å². The van der Waals surface area contributed by atoms with Gasteiger partial charge in [0.1, 0.15) is 21.7 Å². The molecule has 1 aromatic rings. The van der Waals surface area contributed by atoms with Crippen LogP contribution >= 0.6 is 0 Å². The van der Waals surface area contributed by atoms with Crippen molar-refractivity contribution in [3.8, 4) is 0 Å². The van der Waals surface area contributed by atoms with Gasteiger partial charge in [-0.05, 0) is 38.1 Å². The normalized spacial score (nSPS) is 10.4. The van der Waals surface area contributed by atoms with Gasteiger partial charge in [-0.1, -0.05) is 0 Å². The van der Waals surface area contributed by atoms with E-state index >= 15 is 0 Å². The van der Waals surface area contributed by atoms with Gasteiger partial charge in [0.15, 0.2) is 0 Å². The van der Waals surface area contributed by atoms with E-state index in [0.29, 0.717) is 5.69 Å².